The monoisotopic (exact) mass is 234 g/mol. The molecule has 0 atom stereocenters. The lowest BCUT2D eigenvalue weighted by Crippen LogP contribution is -2.44. The fourth-order valence-corrected chi connectivity index (χ4v) is 2.69. The number of sulfone groups is 1. The van der Waals surface area contributed by atoms with Gasteiger partial charge < -0.3 is 10.2 Å². The van der Waals surface area contributed by atoms with Gasteiger partial charge >= 0.3 is 0 Å². The third kappa shape index (κ3) is 4.17. The molecule has 0 unspecified atom stereocenters. The summed E-state index contributed by atoms with van der Waals surface area (Å²) < 4.78 is 22.3. The van der Waals surface area contributed by atoms with Crippen molar-refractivity contribution < 1.29 is 13.2 Å². The standard InChI is InChI=1S/C9H18N2O3S/c1-2-10-4-3-9(12)11-5-7-15(13,14)8-6-11/h10H,2-8H2,1H3. The van der Waals surface area contributed by atoms with E-state index in [1.54, 1.807) is 4.90 Å². The zero-order valence-corrected chi connectivity index (χ0v) is 9.85. The first-order chi connectivity index (χ1) is 7.05. The summed E-state index contributed by atoms with van der Waals surface area (Å²) in [4.78, 5) is 13.2. The molecule has 1 aliphatic rings. The Kier molecular flexibility index (Phi) is 4.53. The normalized spacial score (nSPS) is 20.2. The number of amides is 1. The summed E-state index contributed by atoms with van der Waals surface area (Å²) in [7, 11) is -2.88. The molecule has 6 heteroatoms. The van der Waals surface area contributed by atoms with Crippen molar-refractivity contribution in [3.63, 3.8) is 0 Å². The number of rotatable bonds is 4. The van der Waals surface area contributed by atoms with Gasteiger partial charge in [0.1, 0.15) is 0 Å². The molecule has 15 heavy (non-hydrogen) atoms. The highest BCUT2D eigenvalue weighted by atomic mass is 32.2. The summed E-state index contributed by atoms with van der Waals surface area (Å²) in [5.74, 6) is 0.269. The van der Waals surface area contributed by atoms with Crippen molar-refractivity contribution in [2.75, 3.05) is 37.7 Å². The van der Waals surface area contributed by atoms with Gasteiger partial charge in [-0.1, -0.05) is 6.92 Å². The van der Waals surface area contributed by atoms with Crippen molar-refractivity contribution in [2.45, 2.75) is 13.3 Å². The summed E-state index contributed by atoms with van der Waals surface area (Å²) in [5.41, 5.74) is 0. The molecular weight excluding hydrogens is 216 g/mol. The number of carbonyl (C=O) groups is 1. The minimum absolute atomic E-state index is 0.0471. The van der Waals surface area contributed by atoms with Crippen molar-refractivity contribution in [2.24, 2.45) is 0 Å². The van der Waals surface area contributed by atoms with Gasteiger partial charge in [-0.25, -0.2) is 8.42 Å². The highest BCUT2D eigenvalue weighted by molar-refractivity contribution is 7.91. The molecule has 1 fully saturated rings. The van der Waals surface area contributed by atoms with Crippen molar-refractivity contribution in [1.29, 1.82) is 0 Å². The number of nitrogens with zero attached hydrogens (tertiary/aromatic N) is 1. The Hall–Kier alpha value is -0.620. The topological polar surface area (TPSA) is 66.5 Å². The second-order valence-electron chi connectivity index (χ2n) is 3.64. The number of hydrogen-bond acceptors (Lipinski definition) is 4. The molecular formula is C9H18N2O3S. The van der Waals surface area contributed by atoms with Gasteiger partial charge in [-0.05, 0) is 6.54 Å². The SMILES string of the molecule is CCNCCC(=O)N1CCS(=O)(=O)CC1. The van der Waals surface area contributed by atoms with E-state index in [1.165, 1.54) is 0 Å². The maximum atomic E-state index is 11.6. The Morgan fingerprint density at radius 2 is 1.93 bits per heavy atom. The highest BCUT2D eigenvalue weighted by Gasteiger charge is 2.24. The quantitative estimate of drug-likeness (QED) is 0.650. The van der Waals surface area contributed by atoms with Crippen LogP contribution in [0.1, 0.15) is 13.3 Å². The lowest BCUT2D eigenvalue weighted by atomic mass is 10.3. The van der Waals surface area contributed by atoms with Crippen LogP contribution in [0.15, 0.2) is 0 Å². The summed E-state index contributed by atoms with van der Waals surface area (Å²) in [6, 6.07) is 0. The Bertz CT molecular complexity index is 299. The van der Waals surface area contributed by atoms with Crippen molar-refractivity contribution in [3.05, 3.63) is 0 Å². The Morgan fingerprint density at radius 3 is 2.47 bits per heavy atom. The van der Waals surface area contributed by atoms with Crippen LogP contribution in [0.3, 0.4) is 0 Å². The van der Waals surface area contributed by atoms with E-state index >= 15 is 0 Å². The summed E-state index contributed by atoms with van der Waals surface area (Å²) >= 11 is 0. The fourth-order valence-electron chi connectivity index (χ4n) is 1.49. The van der Waals surface area contributed by atoms with E-state index in [0.29, 0.717) is 26.1 Å². The summed E-state index contributed by atoms with van der Waals surface area (Å²) in [5, 5.41) is 3.07. The van der Waals surface area contributed by atoms with E-state index < -0.39 is 9.84 Å². The molecule has 1 N–H and O–H groups in total. The van der Waals surface area contributed by atoms with Crippen LogP contribution in [0, 0.1) is 0 Å². The first-order valence-electron chi connectivity index (χ1n) is 5.24. The van der Waals surface area contributed by atoms with Crippen LogP contribution in [0.5, 0.6) is 0 Å². The predicted molar refractivity (Wildman–Crippen MR) is 58.4 cm³/mol. The van der Waals surface area contributed by atoms with E-state index in [9.17, 15) is 13.2 Å². The maximum Gasteiger partial charge on any atom is 0.223 e. The number of hydrogen-bond donors (Lipinski definition) is 1. The van der Waals surface area contributed by atoms with Crippen molar-refractivity contribution >= 4 is 15.7 Å². The van der Waals surface area contributed by atoms with Gasteiger partial charge in [-0.2, -0.15) is 0 Å². The maximum absolute atomic E-state index is 11.6. The lowest BCUT2D eigenvalue weighted by molar-refractivity contribution is -0.130. The first-order valence-corrected chi connectivity index (χ1v) is 7.06. The van der Waals surface area contributed by atoms with E-state index in [1.807, 2.05) is 6.92 Å². The van der Waals surface area contributed by atoms with Gasteiger partial charge in [-0.15, -0.1) is 0 Å². The molecule has 1 saturated heterocycles. The van der Waals surface area contributed by atoms with Gasteiger partial charge in [-0.3, -0.25) is 4.79 Å². The largest absolute Gasteiger partial charge is 0.341 e. The van der Waals surface area contributed by atoms with Crippen LogP contribution in [-0.4, -0.2) is 56.9 Å². The minimum Gasteiger partial charge on any atom is -0.341 e. The number of nitrogens with one attached hydrogen (secondary N) is 1. The molecule has 1 aliphatic heterocycles. The minimum atomic E-state index is -2.88. The molecule has 1 amide bonds. The van der Waals surface area contributed by atoms with Crippen LogP contribution in [0.4, 0.5) is 0 Å². The van der Waals surface area contributed by atoms with E-state index in [4.69, 9.17) is 0 Å². The molecule has 0 saturated carbocycles. The second kappa shape index (κ2) is 5.46. The van der Waals surface area contributed by atoms with Gasteiger partial charge in [0.15, 0.2) is 9.84 Å². The molecule has 5 nitrogen and oxygen atoms in total. The average Bonchev–Trinajstić information content (AvgIpc) is 2.18. The molecule has 88 valence electrons. The molecule has 0 radical (unpaired) electrons. The lowest BCUT2D eigenvalue weighted by Gasteiger charge is -2.26. The molecule has 0 aliphatic carbocycles. The molecule has 1 heterocycles. The molecule has 0 bridgehead atoms. The third-order valence-corrected chi connectivity index (χ3v) is 4.07. The third-order valence-electron chi connectivity index (χ3n) is 2.46. The van der Waals surface area contributed by atoms with Gasteiger partial charge in [0.2, 0.25) is 5.91 Å². The zero-order chi connectivity index (χ0) is 11.3. The molecule has 1 rings (SSSR count). The van der Waals surface area contributed by atoms with E-state index in [-0.39, 0.29) is 17.4 Å². The Morgan fingerprint density at radius 1 is 1.33 bits per heavy atom. The number of carbonyl (C=O) groups excluding carboxylic acids is 1. The van der Waals surface area contributed by atoms with Gasteiger partial charge in [0.05, 0.1) is 11.5 Å². The van der Waals surface area contributed by atoms with Crippen LogP contribution >= 0.6 is 0 Å². The van der Waals surface area contributed by atoms with Crippen LogP contribution in [0.25, 0.3) is 0 Å². The highest BCUT2D eigenvalue weighted by Crippen LogP contribution is 2.04. The molecule has 0 aromatic carbocycles. The van der Waals surface area contributed by atoms with Gasteiger partial charge in [0.25, 0.3) is 0 Å². The zero-order valence-electron chi connectivity index (χ0n) is 9.03. The first kappa shape index (κ1) is 12.4. The van der Waals surface area contributed by atoms with E-state index in [0.717, 1.165) is 6.54 Å². The predicted octanol–water partition coefficient (Wildman–Crippen LogP) is -0.757. The Balaban J connectivity index is 2.30. The van der Waals surface area contributed by atoms with E-state index in [2.05, 4.69) is 5.32 Å². The summed E-state index contributed by atoms with van der Waals surface area (Å²) in [6.07, 6.45) is 0.452. The summed E-state index contributed by atoms with van der Waals surface area (Å²) in [6.45, 7) is 4.21. The van der Waals surface area contributed by atoms with Crippen molar-refractivity contribution in [1.82, 2.24) is 10.2 Å². The fraction of sp³-hybridized carbons (Fsp3) is 0.889. The smallest absolute Gasteiger partial charge is 0.223 e. The van der Waals surface area contributed by atoms with Gasteiger partial charge in [0, 0.05) is 26.1 Å². The average molecular weight is 234 g/mol. The molecule has 0 aromatic heterocycles. The molecule has 0 spiro atoms. The van der Waals surface area contributed by atoms with Crippen molar-refractivity contribution in [3.8, 4) is 0 Å². The Labute approximate surface area is 90.7 Å². The van der Waals surface area contributed by atoms with Crippen LogP contribution in [-0.2, 0) is 14.6 Å². The van der Waals surface area contributed by atoms with Crippen LogP contribution < -0.4 is 5.32 Å². The van der Waals surface area contributed by atoms with Crippen LogP contribution in [0.2, 0.25) is 0 Å². The second-order valence-corrected chi connectivity index (χ2v) is 5.94. The molecule has 0 aromatic rings.